The highest BCUT2D eigenvalue weighted by atomic mass is 32.2. The van der Waals surface area contributed by atoms with Crippen molar-refractivity contribution in [2.24, 2.45) is 0 Å². The molecule has 3 rings (SSSR count). The Bertz CT molecular complexity index is 703. The topological polar surface area (TPSA) is 33.4 Å². The maximum atomic E-state index is 10.2. The molecular weight excluding hydrogens is 268 g/mol. The third-order valence-electron chi connectivity index (χ3n) is 3.17. The number of fused-ring (bicyclic) bond motifs is 1. The van der Waals surface area contributed by atoms with Crippen LogP contribution in [0.4, 0.5) is 0 Å². The van der Waals surface area contributed by atoms with Crippen LogP contribution in [-0.4, -0.2) is 10.9 Å². The second kappa shape index (κ2) is 5.73. The Labute approximate surface area is 122 Å². The van der Waals surface area contributed by atoms with Gasteiger partial charge in [-0.2, -0.15) is 0 Å². The van der Waals surface area contributed by atoms with Crippen molar-refractivity contribution in [2.45, 2.75) is 17.9 Å². The molecule has 2 aromatic carbocycles. The van der Waals surface area contributed by atoms with E-state index in [2.05, 4.69) is 6.07 Å². The van der Waals surface area contributed by atoms with Crippen LogP contribution in [-0.2, 0) is 0 Å². The van der Waals surface area contributed by atoms with Gasteiger partial charge in [-0.3, -0.25) is 0 Å². The van der Waals surface area contributed by atoms with Gasteiger partial charge in [-0.1, -0.05) is 29.8 Å². The van der Waals surface area contributed by atoms with Crippen LogP contribution in [0.25, 0.3) is 11.0 Å². The van der Waals surface area contributed by atoms with Gasteiger partial charge in [0.15, 0.2) is 0 Å². The quantitative estimate of drug-likeness (QED) is 0.713. The fraction of sp³-hybridized carbons (Fsp3) is 0.176. The summed E-state index contributed by atoms with van der Waals surface area (Å²) in [5, 5.41) is 11.3. The fourth-order valence-corrected chi connectivity index (χ4v) is 2.99. The van der Waals surface area contributed by atoms with Gasteiger partial charge in [0.25, 0.3) is 0 Å². The lowest BCUT2D eigenvalue weighted by atomic mass is 10.2. The zero-order valence-electron chi connectivity index (χ0n) is 11.2. The van der Waals surface area contributed by atoms with Crippen LogP contribution in [0.15, 0.2) is 63.9 Å². The van der Waals surface area contributed by atoms with Crippen molar-refractivity contribution in [1.82, 2.24) is 0 Å². The van der Waals surface area contributed by atoms with Gasteiger partial charge in [0.05, 0.1) is 0 Å². The van der Waals surface area contributed by atoms with Crippen molar-refractivity contribution in [3.8, 4) is 0 Å². The summed E-state index contributed by atoms with van der Waals surface area (Å²) >= 11 is 1.63. The molecule has 1 aromatic heterocycles. The summed E-state index contributed by atoms with van der Waals surface area (Å²) in [6.45, 7) is 2.05. The first kappa shape index (κ1) is 13.3. The highest BCUT2D eigenvalue weighted by Crippen LogP contribution is 2.29. The highest BCUT2D eigenvalue weighted by molar-refractivity contribution is 7.99. The van der Waals surface area contributed by atoms with Gasteiger partial charge in [0, 0.05) is 16.0 Å². The van der Waals surface area contributed by atoms with E-state index in [1.54, 1.807) is 11.8 Å². The number of aliphatic hydroxyl groups is 1. The first-order chi connectivity index (χ1) is 9.72. The molecular formula is C17H16O2S. The Morgan fingerprint density at radius 2 is 1.90 bits per heavy atom. The second-order valence-corrected chi connectivity index (χ2v) is 5.92. The number of hydrogen-bond acceptors (Lipinski definition) is 3. The number of rotatable bonds is 4. The predicted molar refractivity (Wildman–Crippen MR) is 83.1 cm³/mol. The molecule has 0 aliphatic heterocycles. The van der Waals surface area contributed by atoms with Crippen LogP contribution in [0.1, 0.15) is 17.4 Å². The standard InChI is InChI=1S/C17H16O2S/c1-12-7-8-16-13(9-12)10-17(19-16)15(18)11-20-14-5-3-2-4-6-14/h2-10,15,18H,11H2,1H3. The minimum atomic E-state index is -0.590. The molecule has 2 nitrogen and oxygen atoms in total. The van der Waals surface area contributed by atoms with E-state index in [9.17, 15) is 5.11 Å². The zero-order valence-corrected chi connectivity index (χ0v) is 12.1. The van der Waals surface area contributed by atoms with E-state index in [-0.39, 0.29) is 0 Å². The zero-order chi connectivity index (χ0) is 13.9. The molecule has 0 radical (unpaired) electrons. The molecule has 0 saturated heterocycles. The Morgan fingerprint density at radius 1 is 1.10 bits per heavy atom. The molecule has 102 valence electrons. The number of benzene rings is 2. The van der Waals surface area contributed by atoms with Crippen molar-refractivity contribution in [1.29, 1.82) is 0 Å². The molecule has 1 unspecified atom stereocenters. The number of furan rings is 1. The van der Waals surface area contributed by atoms with Gasteiger partial charge in [-0.25, -0.2) is 0 Å². The third-order valence-corrected chi connectivity index (χ3v) is 4.26. The molecule has 1 heterocycles. The van der Waals surface area contributed by atoms with E-state index < -0.39 is 6.10 Å². The second-order valence-electron chi connectivity index (χ2n) is 4.83. The largest absolute Gasteiger partial charge is 0.458 e. The lowest BCUT2D eigenvalue weighted by Crippen LogP contribution is -1.98. The third kappa shape index (κ3) is 2.89. The van der Waals surface area contributed by atoms with Gasteiger partial charge in [-0.15, -0.1) is 11.8 Å². The Hall–Kier alpha value is -1.71. The molecule has 1 atom stereocenters. The number of aliphatic hydroxyl groups excluding tert-OH is 1. The van der Waals surface area contributed by atoms with Crippen molar-refractivity contribution in [3.63, 3.8) is 0 Å². The maximum absolute atomic E-state index is 10.2. The first-order valence-electron chi connectivity index (χ1n) is 6.58. The van der Waals surface area contributed by atoms with Gasteiger partial charge >= 0.3 is 0 Å². The Balaban J connectivity index is 1.73. The average molecular weight is 284 g/mol. The Morgan fingerprint density at radius 3 is 2.70 bits per heavy atom. The summed E-state index contributed by atoms with van der Waals surface area (Å²) in [5.74, 6) is 1.22. The van der Waals surface area contributed by atoms with E-state index in [1.165, 1.54) is 5.56 Å². The molecule has 3 heteroatoms. The van der Waals surface area contributed by atoms with Crippen LogP contribution in [0.3, 0.4) is 0 Å². The molecule has 0 aliphatic rings. The molecule has 0 aliphatic carbocycles. The minimum absolute atomic E-state index is 0.586. The number of hydrogen-bond donors (Lipinski definition) is 1. The summed E-state index contributed by atoms with van der Waals surface area (Å²) in [6, 6.07) is 18.0. The van der Waals surface area contributed by atoms with E-state index in [0.717, 1.165) is 15.9 Å². The van der Waals surface area contributed by atoms with Gasteiger partial charge in [0.1, 0.15) is 17.4 Å². The first-order valence-corrected chi connectivity index (χ1v) is 7.57. The molecule has 0 fully saturated rings. The smallest absolute Gasteiger partial charge is 0.134 e. The van der Waals surface area contributed by atoms with Gasteiger partial charge in [-0.05, 0) is 37.3 Å². The van der Waals surface area contributed by atoms with Gasteiger partial charge < -0.3 is 9.52 Å². The molecule has 0 saturated carbocycles. The lowest BCUT2D eigenvalue weighted by molar-refractivity contribution is 0.177. The van der Waals surface area contributed by atoms with Crippen molar-refractivity contribution in [3.05, 3.63) is 65.9 Å². The summed E-state index contributed by atoms with van der Waals surface area (Å²) in [6.07, 6.45) is -0.590. The Kier molecular flexibility index (Phi) is 3.81. The lowest BCUT2D eigenvalue weighted by Gasteiger charge is -2.06. The average Bonchev–Trinajstić information content (AvgIpc) is 2.89. The molecule has 20 heavy (non-hydrogen) atoms. The molecule has 0 spiro atoms. The molecule has 0 bridgehead atoms. The summed E-state index contributed by atoms with van der Waals surface area (Å²) < 4.78 is 5.71. The van der Waals surface area contributed by atoms with Crippen molar-refractivity contribution < 1.29 is 9.52 Å². The van der Waals surface area contributed by atoms with E-state index >= 15 is 0 Å². The SMILES string of the molecule is Cc1ccc2oc(C(O)CSc3ccccc3)cc2c1. The number of thioether (sulfide) groups is 1. The van der Waals surface area contributed by atoms with Crippen molar-refractivity contribution in [2.75, 3.05) is 5.75 Å². The monoisotopic (exact) mass is 284 g/mol. The van der Waals surface area contributed by atoms with E-state index in [1.807, 2.05) is 55.5 Å². The fourth-order valence-electron chi connectivity index (χ4n) is 2.12. The minimum Gasteiger partial charge on any atom is -0.458 e. The highest BCUT2D eigenvalue weighted by Gasteiger charge is 2.13. The van der Waals surface area contributed by atoms with E-state index in [0.29, 0.717) is 11.5 Å². The van der Waals surface area contributed by atoms with Crippen LogP contribution < -0.4 is 0 Å². The summed E-state index contributed by atoms with van der Waals surface area (Å²) in [5.41, 5.74) is 2.02. The van der Waals surface area contributed by atoms with Crippen LogP contribution in [0.2, 0.25) is 0 Å². The van der Waals surface area contributed by atoms with Crippen molar-refractivity contribution >= 4 is 22.7 Å². The van der Waals surface area contributed by atoms with E-state index in [4.69, 9.17) is 4.42 Å². The molecule has 3 aromatic rings. The van der Waals surface area contributed by atoms with Gasteiger partial charge in [0.2, 0.25) is 0 Å². The molecule has 0 amide bonds. The summed E-state index contributed by atoms with van der Waals surface area (Å²) in [7, 11) is 0. The normalized spacial score (nSPS) is 12.7. The number of aryl methyl sites for hydroxylation is 1. The molecule has 1 N–H and O–H groups in total. The van der Waals surface area contributed by atoms with Crippen LogP contribution >= 0.6 is 11.8 Å². The van der Waals surface area contributed by atoms with Crippen LogP contribution in [0, 0.1) is 6.92 Å². The predicted octanol–water partition coefficient (Wildman–Crippen LogP) is 4.57. The summed E-state index contributed by atoms with van der Waals surface area (Å²) in [4.78, 5) is 1.15. The van der Waals surface area contributed by atoms with Crippen LogP contribution in [0.5, 0.6) is 0 Å². The maximum Gasteiger partial charge on any atom is 0.134 e.